The van der Waals surface area contributed by atoms with Crippen molar-refractivity contribution in [3.05, 3.63) is 34.3 Å². The Morgan fingerprint density at radius 2 is 2.42 bits per heavy atom. The van der Waals surface area contributed by atoms with E-state index < -0.39 is 0 Å². The summed E-state index contributed by atoms with van der Waals surface area (Å²) in [6.45, 7) is 6.83. The van der Waals surface area contributed by atoms with Gasteiger partial charge in [0, 0.05) is 36.2 Å². The van der Waals surface area contributed by atoms with Gasteiger partial charge in [0.2, 0.25) is 0 Å². The van der Waals surface area contributed by atoms with Gasteiger partial charge >= 0.3 is 0 Å². The van der Waals surface area contributed by atoms with E-state index in [0.29, 0.717) is 11.8 Å². The van der Waals surface area contributed by atoms with E-state index in [2.05, 4.69) is 28.8 Å². The van der Waals surface area contributed by atoms with Crippen molar-refractivity contribution in [2.75, 3.05) is 13.2 Å². The molecule has 1 aliphatic heterocycles. The van der Waals surface area contributed by atoms with Crippen LogP contribution < -0.4 is 0 Å². The van der Waals surface area contributed by atoms with E-state index in [1.54, 1.807) is 11.3 Å². The van der Waals surface area contributed by atoms with E-state index in [4.69, 9.17) is 9.72 Å². The number of aromatic nitrogens is 3. The van der Waals surface area contributed by atoms with Gasteiger partial charge in [-0.25, -0.2) is 9.97 Å². The maximum Gasteiger partial charge on any atom is 0.114 e. The number of rotatable bonds is 4. The van der Waals surface area contributed by atoms with E-state index >= 15 is 0 Å². The Bertz CT molecular complexity index is 540. The highest BCUT2D eigenvalue weighted by Gasteiger charge is 2.22. The lowest BCUT2D eigenvalue weighted by atomic mass is 10.1. The summed E-state index contributed by atoms with van der Waals surface area (Å²) in [5, 5.41) is 3.37. The molecule has 2 aromatic heterocycles. The molecule has 0 aromatic carbocycles. The minimum absolute atomic E-state index is 0.443. The van der Waals surface area contributed by atoms with E-state index in [1.165, 1.54) is 5.01 Å². The fourth-order valence-corrected chi connectivity index (χ4v) is 3.21. The summed E-state index contributed by atoms with van der Waals surface area (Å²) in [7, 11) is 0. The molecule has 5 heteroatoms. The normalized spacial score (nSPS) is 19.4. The summed E-state index contributed by atoms with van der Waals surface area (Å²) in [5.74, 6) is 2.08. The van der Waals surface area contributed by atoms with Gasteiger partial charge in [-0.2, -0.15) is 0 Å². The van der Waals surface area contributed by atoms with Crippen molar-refractivity contribution in [2.45, 2.75) is 38.6 Å². The van der Waals surface area contributed by atoms with Crippen molar-refractivity contribution in [2.24, 2.45) is 0 Å². The highest BCUT2D eigenvalue weighted by atomic mass is 32.1. The van der Waals surface area contributed by atoms with Crippen LogP contribution in [0.5, 0.6) is 0 Å². The van der Waals surface area contributed by atoms with E-state index in [-0.39, 0.29) is 0 Å². The number of nitrogens with zero attached hydrogens (tertiary/aromatic N) is 3. The summed E-state index contributed by atoms with van der Waals surface area (Å²) in [6.07, 6.45) is 5.00. The van der Waals surface area contributed by atoms with E-state index in [1.807, 2.05) is 12.4 Å². The Kier molecular flexibility index (Phi) is 3.66. The Hall–Kier alpha value is -1.20. The molecule has 0 saturated carbocycles. The quantitative estimate of drug-likeness (QED) is 0.862. The molecule has 1 fully saturated rings. The lowest BCUT2D eigenvalue weighted by molar-refractivity contribution is 0.192. The van der Waals surface area contributed by atoms with Gasteiger partial charge in [0.05, 0.1) is 23.9 Å². The van der Waals surface area contributed by atoms with Crippen LogP contribution in [0.25, 0.3) is 0 Å². The van der Waals surface area contributed by atoms with Gasteiger partial charge in [-0.05, 0) is 6.42 Å². The molecule has 0 N–H and O–H groups in total. The largest absolute Gasteiger partial charge is 0.381 e. The fourth-order valence-electron chi connectivity index (χ4n) is 2.39. The molecule has 3 heterocycles. The molecule has 3 rings (SSSR count). The van der Waals surface area contributed by atoms with Crippen LogP contribution in [0.2, 0.25) is 0 Å². The van der Waals surface area contributed by atoms with Crippen LogP contribution in [0.4, 0.5) is 0 Å². The second kappa shape index (κ2) is 5.43. The van der Waals surface area contributed by atoms with Gasteiger partial charge in [0.1, 0.15) is 5.82 Å². The van der Waals surface area contributed by atoms with Crippen molar-refractivity contribution >= 4 is 11.3 Å². The van der Waals surface area contributed by atoms with Crippen LogP contribution in [0.1, 0.15) is 48.6 Å². The SMILES string of the molecule is CC(C)c1nc(Cn2ccnc2C2CCOC2)cs1. The number of imidazole rings is 1. The first-order valence-electron chi connectivity index (χ1n) is 6.77. The predicted molar refractivity (Wildman–Crippen MR) is 75.7 cm³/mol. The highest BCUT2D eigenvalue weighted by Crippen LogP contribution is 2.25. The summed E-state index contributed by atoms with van der Waals surface area (Å²) >= 11 is 1.75. The van der Waals surface area contributed by atoms with Crippen LogP contribution >= 0.6 is 11.3 Å². The lowest BCUT2D eigenvalue weighted by Crippen LogP contribution is -2.10. The molecule has 2 aromatic rings. The number of ether oxygens (including phenoxy) is 1. The van der Waals surface area contributed by atoms with Gasteiger partial charge < -0.3 is 9.30 Å². The van der Waals surface area contributed by atoms with Crippen LogP contribution in [-0.4, -0.2) is 27.7 Å². The zero-order chi connectivity index (χ0) is 13.2. The standard InChI is InChI=1S/C14H19N3OS/c1-10(2)14-16-12(9-19-14)7-17-5-4-15-13(17)11-3-6-18-8-11/h4-5,9-11H,3,6-8H2,1-2H3. The lowest BCUT2D eigenvalue weighted by Gasteiger charge is -2.10. The molecule has 102 valence electrons. The Balaban J connectivity index is 1.77. The van der Waals surface area contributed by atoms with Crippen molar-refractivity contribution < 1.29 is 4.74 Å². The van der Waals surface area contributed by atoms with Gasteiger partial charge in [-0.15, -0.1) is 11.3 Å². The Labute approximate surface area is 117 Å². The minimum atomic E-state index is 0.443. The molecule has 1 unspecified atom stereocenters. The molecule has 0 radical (unpaired) electrons. The van der Waals surface area contributed by atoms with Crippen molar-refractivity contribution in [1.29, 1.82) is 0 Å². The third kappa shape index (κ3) is 2.72. The number of hydrogen-bond acceptors (Lipinski definition) is 4. The summed E-state index contributed by atoms with van der Waals surface area (Å²) in [6, 6.07) is 0. The molecule has 0 spiro atoms. The molecule has 1 atom stereocenters. The van der Waals surface area contributed by atoms with Crippen molar-refractivity contribution in [1.82, 2.24) is 14.5 Å². The first-order chi connectivity index (χ1) is 9.24. The second-order valence-electron chi connectivity index (χ2n) is 5.31. The number of hydrogen-bond donors (Lipinski definition) is 0. The molecule has 19 heavy (non-hydrogen) atoms. The van der Waals surface area contributed by atoms with E-state index in [9.17, 15) is 0 Å². The molecule has 0 amide bonds. The van der Waals surface area contributed by atoms with Crippen LogP contribution in [0.3, 0.4) is 0 Å². The monoisotopic (exact) mass is 277 g/mol. The molecule has 1 aliphatic rings. The maximum atomic E-state index is 5.45. The Morgan fingerprint density at radius 1 is 1.53 bits per heavy atom. The highest BCUT2D eigenvalue weighted by molar-refractivity contribution is 7.09. The predicted octanol–water partition coefficient (Wildman–Crippen LogP) is 3.02. The van der Waals surface area contributed by atoms with Gasteiger partial charge in [-0.1, -0.05) is 13.8 Å². The van der Waals surface area contributed by atoms with Gasteiger partial charge in [0.15, 0.2) is 0 Å². The third-order valence-electron chi connectivity index (χ3n) is 3.44. The summed E-state index contributed by atoms with van der Waals surface area (Å²) in [4.78, 5) is 9.19. The van der Waals surface area contributed by atoms with Crippen LogP contribution in [0, 0.1) is 0 Å². The molecule has 1 saturated heterocycles. The van der Waals surface area contributed by atoms with Crippen molar-refractivity contribution in [3.8, 4) is 0 Å². The van der Waals surface area contributed by atoms with Crippen molar-refractivity contribution in [3.63, 3.8) is 0 Å². The van der Waals surface area contributed by atoms with Gasteiger partial charge in [-0.3, -0.25) is 0 Å². The topological polar surface area (TPSA) is 39.9 Å². The molecule has 4 nitrogen and oxygen atoms in total. The number of thiazole rings is 1. The maximum absolute atomic E-state index is 5.45. The zero-order valence-electron chi connectivity index (χ0n) is 11.4. The molecular weight excluding hydrogens is 258 g/mol. The first kappa shape index (κ1) is 12.8. The summed E-state index contributed by atoms with van der Waals surface area (Å²) in [5.41, 5.74) is 1.13. The average molecular weight is 277 g/mol. The third-order valence-corrected chi connectivity index (χ3v) is 4.63. The molecule has 0 aliphatic carbocycles. The zero-order valence-corrected chi connectivity index (χ0v) is 12.2. The Morgan fingerprint density at radius 3 is 3.11 bits per heavy atom. The van der Waals surface area contributed by atoms with E-state index in [0.717, 1.165) is 37.7 Å². The average Bonchev–Trinajstić information content (AvgIpc) is 3.09. The fraction of sp³-hybridized carbons (Fsp3) is 0.571. The minimum Gasteiger partial charge on any atom is -0.381 e. The smallest absolute Gasteiger partial charge is 0.114 e. The molecular formula is C14H19N3OS. The first-order valence-corrected chi connectivity index (χ1v) is 7.65. The molecule has 0 bridgehead atoms. The van der Waals surface area contributed by atoms with Gasteiger partial charge in [0.25, 0.3) is 0 Å². The summed E-state index contributed by atoms with van der Waals surface area (Å²) < 4.78 is 7.66. The van der Waals surface area contributed by atoms with Crippen LogP contribution in [0.15, 0.2) is 17.8 Å². The van der Waals surface area contributed by atoms with Crippen LogP contribution in [-0.2, 0) is 11.3 Å². The second-order valence-corrected chi connectivity index (χ2v) is 6.20.